The fourth-order valence-corrected chi connectivity index (χ4v) is 2.62. The van der Waals surface area contributed by atoms with Gasteiger partial charge in [-0.25, -0.2) is 4.79 Å². The number of aromatic nitrogens is 2. The number of nitrogens with one attached hydrogen (secondary N) is 2. The molecule has 2 aliphatic carbocycles. The molecule has 2 aliphatic rings. The molecule has 98 valence electrons. The number of rotatable bonds is 3. The first kappa shape index (κ1) is 11.6. The van der Waals surface area contributed by atoms with E-state index in [0.29, 0.717) is 0 Å². The Kier molecular flexibility index (Phi) is 2.97. The van der Waals surface area contributed by atoms with Crippen LogP contribution in [0.1, 0.15) is 43.0 Å². The van der Waals surface area contributed by atoms with E-state index in [1.807, 2.05) is 17.9 Å². The van der Waals surface area contributed by atoms with Gasteiger partial charge in [0, 0.05) is 24.8 Å². The molecule has 1 heterocycles. The van der Waals surface area contributed by atoms with Crippen molar-refractivity contribution in [3.8, 4) is 0 Å². The average molecular weight is 248 g/mol. The normalized spacial score (nSPS) is 22.4. The summed E-state index contributed by atoms with van der Waals surface area (Å²) in [4.78, 5) is 11.8. The lowest BCUT2D eigenvalue weighted by Gasteiger charge is -2.23. The second kappa shape index (κ2) is 4.63. The molecule has 5 nitrogen and oxygen atoms in total. The van der Waals surface area contributed by atoms with Gasteiger partial charge in [0.25, 0.3) is 0 Å². The molecule has 2 N–H and O–H groups in total. The minimum atomic E-state index is -0.0383. The van der Waals surface area contributed by atoms with E-state index in [1.54, 1.807) is 0 Å². The second-order valence-corrected chi connectivity index (χ2v) is 5.41. The van der Waals surface area contributed by atoms with Crippen molar-refractivity contribution in [3.63, 3.8) is 0 Å². The largest absolute Gasteiger partial charge is 0.338 e. The molecule has 1 aromatic heterocycles. The minimum Gasteiger partial charge on any atom is -0.338 e. The fourth-order valence-electron chi connectivity index (χ4n) is 2.62. The van der Waals surface area contributed by atoms with Gasteiger partial charge in [-0.05, 0) is 38.0 Å². The summed E-state index contributed by atoms with van der Waals surface area (Å²) >= 11 is 0. The van der Waals surface area contributed by atoms with Gasteiger partial charge in [-0.15, -0.1) is 0 Å². The maximum absolute atomic E-state index is 11.8. The summed E-state index contributed by atoms with van der Waals surface area (Å²) in [5, 5.41) is 10.3. The third-order valence-corrected chi connectivity index (χ3v) is 3.93. The molecule has 18 heavy (non-hydrogen) atoms. The lowest BCUT2D eigenvalue weighted by molar-refractivity contribution is 0.235. The molecule has 0 aliphatic heterocycles. The highest BCUT2D eigenvalue weighted by molar-refractivity contribution is 5.74. The molecular weight excluding hydrogens is 228 g/mol. The summed E-state index contributed by atoms with van der Waals surface area (Å²) in [6, 6.07) is 0.0882. The zero-order valence-corrected chi connectivity index (χ0v) is 10.8. The van der Waals surface area contributed by atoms with E-state index in [1.165, 1.54) is 24.1 Å². The molecule has 0 saturated heterocycles. The second-order valence-electron chi connectivity index (χ2n) is 5.41. The van der Waals surface area contributed by atoms with E-state index < -0.39 is 0 Å². The number of urea groups is 1. The van der Waals surface area contributed by atoms with E-state index in [9.17, 15) is 4.79 Å². The van der Waals surface area contributed by atoms with Gasteiger partial charge < -0.3 is 10.6 Å². The van der Waals surface area contributed by atoms with Crippen molar-refractivity contribution in [2.75, 3.05) is 6.54 Å². The van der Waals surface area contributed by atoms with Crippen molar-refractivity contribution in [2.45, 2.75) is 38.1 Å². The predicted molar refractivity (Wildman–Crippen MR) is 68.1 cm³/mol. The number of amides is 2. The molecule has 5 heteroatoms. The Morgan fingerprint density at radius 3 is 3.11 bits per heavy atom. The maximum atomic E-state index is 11.8. The quantitative estimate of drug-likeness (QED) is 0.851. The molecule has 0 unspecified atom stereocenters. The molecule has 1 fully saturated rings. The molecular formula is C13H20N4O. The Labute approximate surface area is 107 Å². The number of carbonyl (C=O) groups excluding carboxylic acids is 1. The van der Waals surface area contributed by atoms with Gasteiger partial charge >= 0.3 is 6.03 Å². The molecule has 0 aromatic carbocycles. The lowest BCUT2D eigenvalue weighted by atomic mass is 9.93. The van der Waals surface area contributed by atoms with E-state index in [2.05, 4.69) is 15.7 Å². The van der Waals surface area contributed by atoms with Gasteiger partial charge in [-0.3, -0.25) is 4.68 Å². The van der Waals surface area contributed by atoms with Crippen LogP contribution in [0.2, 0.25) is 0 Å². The first-order valence-corrected chi connectivity index (χ1v) is 6.79. The summed E-state index contributed by atoms with van der Waals surface area (Å²) in [6.07, 6.45) is 7.59. The highest BCUT2D eigenvalue weighted by Gasteiger charge is 2.26. The highest BCUT2D eigenvalue weighted by Crippen LogP contribution is 2.29. The third-order valence-electron chi connectivity index (χ3n) is 3.93. The minimum absolute atomic E-state index is 0.0383. The van der Waals surface area contributed by atoms with Gasteiger partial charge in [0.15, 0.2) is 0 Å². The van der Waals surface area contributed by atoms with Crippen LogP contribution in [-0.4, -0.2) is 22.4 Å². The number of hydrogen-bond acceptors (Lipinski definition) is 2. The molecule has 1 saturated carbocycles. The van der Waals surface area contributed by atoms with Crippen LogP contribution in [-0.2, 0) is 13.5 Å². The van der Waals surface area contributed by atoms with Crippen LogP contribution < -0.4 is 10.6 Å². The van der Waals surface area contributed by atoms with Crippen molar-refractivity contribution < 1.29 is 4.79 Å². The first-order valence-electron chi connectivity index (χ1n) is 6.79. The third kappa shape index (κ3) is 2.35. The summed E-state index contributed by atoms with van der Waals surface area (Å²) < 4.78 is 1.92. The van der Waals surface area contributed by atoms with E-state index in [4.69, 9.17) is 0 Å². The van der Waals surface area contributed by atoms with Crippen LogP contribution >= 0.6 is 0 Å². The highest BCUT2D eigenvalue weighted by atomic mass is 16.2. The van der Waals surface area contributed by atoms with Gasteiger partial charge in [0.2, 0.25) is 0 Å². The number of hydrogen-bond donors (Lipinski definition) is 2. The molecule has 1 aromatic rings. The Morgan fingerprint density at radius 2 is 2.33 bits per heavy atom. The van der Waals surface area contributed by atoms with Crippen molar-refractivity contribution in [1.82, 2.24) is 20.4 Å². The summed E-state index contributed by atoms with van der Waals surface area (Å²) in [5.74, 6) is 0.719. The molecule has 0 bridgehead atoms. The molecule has 2 amide bonds. The SMILES string of the molecule is Cn1ncc2c1CCC[C@@H]2NC(=O)NCC1CC1. The first-order chi connectivity index (χ1) is 8.74. The van der Waals surface area contributed by atoms with Gasteiger partial charge in [-0.2, -0.15) is 5.10 Å². The molecule has 0 spiro atoms. The van der Waals surface area contributed by atoms with Crippen LogP contribution in [0.4, 0.5) is 4.79 Å². The standard InChI is InChI=1S/C13H20N4O/c1-17-12-4-2-3-11(10(12)8-15-17)16-13(18)14-7-9-5-6-9/h8-9,11H,2-7H2,1H3,(H2,14,16,18)/t11-/m0/s1. The Morgan fingerprint density at radius 1 is 1.50 bits per heavy atom. The molecule has 1 atom stereocenters. The van der Waals surface area contributed by atoms with Crippen LogP contribution in [0.5, 0.6) is 0 Å². The molecule has 3 rings (SSSR count). The zero-order valence-electron chi connectivity index (χ0n) is 10.8. The van der Waals surface area contributed by atoms with E-state index in [0.717, 1.165) is 31.7 Å². The van der Waals surface area contributed by atoms with E-state index in [-0.39, 0.29) is 12.1 Å². The summed E-state index contributed by atoms with van der Waals surface area (Å²) in [5.41, 5.74) is 2.44. The smallest absolute Gasteiger partial charge is 0.315 e. The van der Waals surface area contributed by atoms with Crippen molar-refractivity contribution in [1.29, 1.82) is 0 Å². The number of aryl methyl sites for hydroxylation is 1. The number of nitrogens with zero attached hydrogens (tertiary/aromatic N) is 2. The Bertz CT molecular complexity index is 450. The number of carbonyl (C=O) groups is 1. The predicted octanol–water partition coefficient (Wildman–Crippen LogP) is 1.51. The lowest BCUT2D eigenvalue weighted by Crippen LogP contribution is -2.39. The fraction of sp³-hybridized carbons (Fsp3) is 0.692. The van der Waals surface area contributed by atoms with Crippen molar-refractivity contribution >= 4 is 6.03 Å². The summed E-state index contributed by atoms with van der Waals surface area (Å²) in [7, 11) is 1.97. The zero-order chi connectivity index (χ0) is 12.5. The van der Waals surface area contributed by atoms with Crippen LogP contribution in [0.3, 0.4) is 0 Å². The average Bonchev–Trinajstić information content (AvgIpc) is 3.12. The van der Waals surface area contributed by atoms with E-state index >= 15 is 0 Å². The van der Waals surface area contributed by atoms with Gasteiger partial charge in [0.1, 0.15) is 0 Å². The Hall–Kier alpha value is -1.52. The van der Waals surface area contributed by atoms with Gasteiger partial charge in [-0.1, -0.05) is 0 Å². The maximum Gasteiger partial charge on any atom is 0.315 e. The summed E-state index contributed by atoms with van der Waals surface area (Å²) in [6.45, 7) is 0.818. The van der Waals surface area contributed by atoms with Gasteiger partial charge in [0.05, 0.1) is 12.2 Å². The Balaban J connectivity index is 1.60. The van der Waals surface area contributed by atoms with Crippen LogP contribution in [0, 0.1) is 5.92 Å². The van der Waals surface area contributed by atoms with Crippen molar-refractivity contribution in [2.24, 2.45) is 13.0 Å². The molecule has 0 radical (unpaired) electrons. The van der Waals surface area contributed by atoms with Crippen LogP contribution in [0.15, 0.2) is 6.20 Å². The topological polar surface area (TPSA) is 59.0 Å². The number of fused-ring (bicyclic) bond motifs is 1. The monoisotopic (exact) mass is 248 g/mol. The van der Waals surface area contributed by atoms with Crippen molar-refractivity contribution in [3.05, 3.63) is 17.5 Å². The van der Waals surface area contributed by atoms with Crippen LogP contribution in [0.25, 0.3) is 0 Å².